The predicted octanol–water partition coefficient (Wildman–Crippen LogP) is 2.78. The summed E-state index contributed by atoms with van der Waals surface area (Å²) in [4.78, 5) is 0. The second-order valence-corrected chi connectivity index (χ2v) is 4.10. The maximum atomic E-state index is 13.4. The molecule has 0 amide bonds. The molecule has 0 radical (unpaired) electrons. The van der Waals surface area contributed by atoms with E-state index >= 15 is 0 Å². The highest BCUT2D eigenvalue weighted by molar-refractivity contribution is 6.30. The highest BCUT2D eigenvalue weighted by Gasteiger charge is 2.23. The maximum Gasteiger partial charge on any atom is 0.132 e. The van der Waals surface area contributed by atoms with Crippen molar-refractivity contribution in [3.63, 3.8) is 0 Å². The van der Waals surface area contributed by atoms with Crippen molar-refractivity contribution in [3.05, 3.63) is 34.4 Å². The van der Waals surface area contributed by atoms with E-state index in [1.807, 2.05) is 6.92 Å². The van der Waals surface area contributed by atoms with Gasteiger partial charge in [0.25, 0.3) is 0 Å². The lowest BCUT2D eigenvalue weighted by Crippen LogP contribution is -2.28. The van der Waals surface area contributed by atoms with Crippen LogP contribution in [0.2, 0.25) is 5.02 Å². The van der Waals surface area contributed by atoms with E-state index in [1.165, 1.54) is 0 Å². The van der Waals surface area contributed by atoms with Gasteiger partial charge in [-0.3, -0.25) is 0 Å². The number of halogens is 3. The lowest BCUT2D eigenvalue weighted by Gasteiger charge is -2.19. The summed E-state index contributed by atoms with van der Waals surface area (Å²) in [5, 5.41) is 9.57. The van der Waals surface area contributed by atoms with E-state index in [0.29, 0.717) is 12.8 Å². The summed E-state index contributed by atoms with van der Waals surface area (Å²) >= 11 is 5.48. The molecule has 0 heterocycles. The molecule has 1 aromatic carbocycles. The molecule has 5 heteroatoms. The molecule has 0 aliphatic heterocycles. The van der Waals surface area contributed by atoms with Crippen molar-refractivity contribution in [1.82, 2.24) is 0 Å². The third kappa shape index (κ3) is 2.90. The molecule has 0 aliphatic carbocycles. The Labute approximate surface area is 98.0 Å². The van der Waals surface area contributed by atoms with Crippen LogP contribution >= 0.6 is 11.6 Å². The molecule has 16 heavy (non-hydrogen) atoms. The Bertz CT molecular complexity index is 350. The first-order valence-corrected chi connectivity index (χ1v) is 5.43. The average Bonchev–Trinajstić information content (AvgIpc) is 2.16. The number of benzene rings is 1. The Balaban J connectivity index is 3.03. The van der Waals surface area contributed by atoms with E-state index in [4.69, 9.17) is 17.3 Å². The molecule has 0 fully saturated rings. The molecule has 1 aromatic rings. The first-order valence-electron chi connectivity index (χ1n) is 5.05. The molecule has 0 aromatic heterocycles. The first-order chi connectivity index (χ1) is 7.47. The molecule has 2 atom stereocenters. The molecule has 0 aliphatic rings. The fourth-order valence-electron chi connectivity index (χ4n) is 1.54. The van der Waals surface area contributed by atoms with Gasteiger partial charge in [-0.15, -0.1) is 0 Å². The van der Waals surface area contributed by atoms with Gasteiger partial charge in [-0.05, 0) is 18.6 Å². The third-order valence-electron chi connectivity index (χ3n) is 2.38. The summed E-state index contributed by atoms with van der Waals surface area (Å²) in [6.45, 7) is 1.85. The second kappa shape index (κ2) is 5.57. The van der Waals surface area contributed by atoms with Gasteiger partial charge in [0.15, 0.2) is 0 Å². The highest BCUT2D eigenvalue weighted by Crippen LogP contribution is 2.26. The lowest BCUT2D eigenvalue weighted by atomic mass is 9.98. The van der Waals surface area contributed by atoms with Gasteiger partial charge in [-0.2, -0.15) is 0 Å². The fraction of sp³-hybridized carbons (Fsp3) is 0.455. The number of hydrogen-bond donors (Lipinski definition) is 2. The van der Waals surface area contributed by atoms with Crippen molar-refractivity contribution in [3.8, 4) is 0 Å². The normalized spacial score (nSPS) is 14.9. The minimum absolute atomic E-state index is 0.0315. The van der Waals surface area contributed by atoms with E-state index in [9.17, 15) is 13.9 Å². The molecule has 2 nitrogen and oxygen atoms in total. The Hall–Kier alpha value is -0.710. The highest BCUT2D eigenvalue weighted by atomic mass is 35.5. The van der Waals surface area contributed by atoms with Crippen LogP contribution in [0.3, 0.4) is 0 Å². The zero-order chi connectivity index (χ0) is 12.3. The number of aliphatic hydroxyl groups excluding tert-OH is 1. The SMILES string of the molecule is CCC[C@@H](O)[C@@H](N)c1c(F)cc(Cl)cc1F. The van der Waals surface area contributed by atoms with E-state index in [-0.39, 0.29) is 10.6 Å². The van der Waals surface area contributed by atoms with E-state index in [2.05, 4.69) is 0 Å². The van der Waals surface area contributed by atoms with Gasteiger partial charge in [0.05, 0.1) is 12.1 Å². The monoisotopic (exact) mass is 249 g/mol. The Kier molecular flexibility index (Phi) is 4.65. The summed E-state index contributed by atoms with van der Waals surface area (Å²) in [6.07, 6.45) is 0.115. The van der Waals surface area contributed by atoms with Crippen molar-refractivity contribution in [2.45, 2.75) is 31.9 Å². The van der Waals surface area contributed by atoms with Gasteiger partial charge in [-0.25, -0.2) is 8.78 Å². The summed E-state index contributed by atoms with van der Waals surface area (Å²) in [5.74, 6) is -1.65. The van der Waals surface area contributed by atoms with E-state index in [1.54, 1.807) is 0 Å². The van der Waals surface area contributed by atoms with Crippen LogP contribution < -0.4 is 5.73 Å². The molecular weight excluding hydrogens is 236 g/mol. The van der Waals surface area contributed by atoms with Gasteiger partial charge in [-0.1, -0.05) is 24.9 Å². The average molecular weight is 250 g/mol. The van der Waals surface area contributed by atoms with Crippen molar-refractivity contribution < 1.29 is 13.9 Å². The van der Waals surface area contributed by atoms with Gasteiger partial charge < -0.3 is 10.8 Å². The first kappa shape index (κ1) is 13.4. The van der Waals surface area contributed by atoms with Crippen molar-refractivity contribution in [2.24, 2.45) is 5.73 Å². The van der Waals surface area contributed by atoms with Gasteiger partial charge in [0, 0.05) is 10.6 Å². The Morgan fingerprint density at radius 2 is 1.88 bits per heavy atom. The van der Waals surface area contributed by atoms with Crippen LogP contribution in [0, 0.1) is 11.6 Å². The van der Waals surface area contributed by atoms with Gasteiger partial charge >= 0.3 is 0 Å². The Morgan fingerprint density at radius 3 is 2.31 bits per heavy atom. The molecule has 90 valence electrons. The molecule has 0 saturated heterocycles. The van der Waals surface area contributed by atoms with Crippen LogP contribution in [0.5, 0.6) is 0 Å². The molecule has 0 saturated carbocycles. The number of nitrogens with two attached hydrogens (primary N) is 1. The predicted molar refractivity (Wildman–Crippen MR) is 59.2 cm³/mol. The minimum atomic E-state index is -1.07. The molecular formula is C11H14ClF2NO. The van der Waals surface area contributed by atoms with Crippen molar-refractivity contribution >= 4 is 11.6 Å². The van der Waals surface area contributed by atoms with Crippen LogP contribution in [0.15, 0.2) is 12.1 Å². The van der Waals surface area contributed by atoms with Crippen LogP contribution in [-0.2, 0) is 0 Å². The zero-order valence-electron chi connectivity index (χ0n) is 8.88. The molecule has 0 unspecified atom stereocenters. The van der Waals surface area contributed by atoms with Crippen LogP contribution in [0.25, 0.3) is 0 Å². The lowest BCUT2D eigenvalue weighted by molar-refractivity contribution is 0.131. The molecule has 0 bridgehead atoms. The summed E-state index contributed by atoms with van der Waals surface area (Å²) in [6, 6.07) is 0.897. The van der Waals surface area contributed by atoms with Crippen LogP contribution in [0.4, 0.5) is 8.78 Å². The second-order valence-electron chi connectivity index (χ2n) is 3.66. The van der Waals surface area contributed by atoms with Gasteiger partial charge in [0.1, 0.15) is 11.6 Å². The number of rotatable bonds is 4. The smallest absolute Gasteiger partial charge is 0.132 e. The molecule has 1 rings (SSSR count). The quantitative estimate of drug-likeness (QED) is 0.862. The topological polar surface area (TPSA) is 46.2 Å². The van der Waals surface area contributed by atoms with E-state index < -0.39 is 23.8 Å². The Morgan fingerprint density at radius 1 is 1.38 bits per heavy atom. The minimum Gasteiger partial charge on any atom is -0.391 e. The largest absolute Gasteiger partial charge is 0.391 e. The van der Waals surface area contributed by atoms with Crippen molar-refractivity contribution in [2.75, 3.05) is 0 Å². The van der Waals surface area contributed by atoms with Gasteiger partial charge in [0.2, 0.25) is 0 Å². The fourth-order valence-corrected chi connectivity index (χ4v) is 1.73. The summed E-state index contributed by atoms with van der Waals surface area (Å²) in [5.41, 5.74) is 5.29. The summed E-state index contributed by atoms with van der Waals surface area (Å²) < 4.78 is 26.9. The zero-order valence-corrected chi connectivity index (χ0v) is 9.64. The number of aliphatic hydroxyl groups is 1. The van der Waals surface area contributed by atoms with Crippen LogP contribution in [0.1, 0.15) is 31.4 Å². The third-order valence-corrected chi connectivity index (χ3v) is 2.59. The maximum absolute atomic E-state index is 13.4. The van der Waals surface area contributed by atoms with E-state index in [0.717, 1.165) is 12.1 Å². The summed E-state index contributed by atoms with van der Waals surface area (Å²) in [7, 11) is 0. The van der Waals surface area contributed by atoms with Crippen molar-refractivity contribution in [1.29, 1.82) is 0 Å². The number of hydrogen-bond acceptors (Lipinski definition) is 2. The molecule has 3 N–H and O–H groups in total. The standard InChI is InChI=1S/C11H14ClF2NO/c1-2-3-9(16)11(15)10-7(13)4-6(12)5-8(10)14/h4-5,9,11,16H,2-3,15H2,1H3/t9-,11-/m1/s1. The van der Waals surface area contributed by atoms with Crippen LogP contribution in [-0.4, -0.2) is 11.2 Å². The molecule has 0 spiro atoms.